The third-order valence-corrected chi connectivity index (χ3v) is 4.89. The number of rotatable bonds is 5. The Bertz CT molecular complexity index is 901. The van der Waals surface area contributed by atoms with Gasteiger partial charge < -0.3 is 5.11 Å². The van der Waals surface area contributed by atoms with Crippen LogP contribution in [0.3, 0.4) is 0 Å². The number of hydrogen-bond acceptors (Lipinski definition) is 6. The lowest BCUT2D eigenvalue weighted by molar-refractivity contribution is 0.0571. The molecule has 0 aliphatic rings. The Morgan fingerprint density at radius 2 is 2.20 bits per heavy atom. The number of benzene rings is 1. The van der Waals surface area contributed by atoms with Gasteiger partial charge >= 0.3 is 0 Å². The number of halogens is 2. The first-order chi connectivity index (χ1) is 11.9. The number of aliphatic hydroxyl groups is 1. The summed E-state index contributed by atoms with van der Waals surface area (Å²) in [6.45, 7) is -0.169. The van der Waals surface area contributed by atoms with E-state index < -0.39 is 23.1 Å². The standard InChI is InChI=1S/C15H12F2N4O2S2/c16-10-1-2-11(12(17)4-10)15(23,6-21-8-18-7-19-21)13-3-9(5-25-13)14(22)20-24/h1-5,7-8,23-24H,6H2,(H,20,22). The van der Waals surface area contributed by atoms with Gasteiger partial charge in [-0.3, -0.25) is 9.52 Å². The van der Waals surface area contributed by atoms with E-state index >= 15 is 0 Å². The predicted molar refractivity (Wildman–Crippen MR) is 90.2 cm³/mol. The van der Waals surface area contributed by atoms with E-state index in [1.54, 1.807) is 0 Å². The summed E-state index contributed by atoms with van der Waals surface area (Å²) in [4.78, 5) is 15.8. The van der Waals surface area contributed by atoms with Gasteiger partial charge in [0.1, 0.15) is 29.9 Å². The van der Waals surface area contributed by atoms with Crippen molar-refractivity contribution >= 4 is 30.1 Å². The van der Waals surface area contributed by atoms with Gasteiger partial charge in [-0.1, -0.05) is 12.8 Å². The molecule has 2 N–H and O–H groups in total. The highest BCUT2D eigenvalue weighted by Crippen LogP contribution is 2.37. The van der Waals surface area contributed by atoms with Crippen LogP contribution in [0.25, 0.3) is 0 Å². The summed E-state index contributed by atoms with van der Waals surface area (Å²) in [5.74, 6) is -2.13. The third kappa shape index (κ3) is 3.41. The van der Waals surface area contributed by atoms with E-state index in [4.69, 9.17) is 0 Å². The Morgan fingerprint density at radius 3 is 2.84 bits per heavy atom. The van der Waals surface area contributed by atoms with Crippen LogP contribution >= 0.6 is 24.2 Å². The van der Waals surface area contributed by atoms with E-state index in [0.29, 0.717) is 10.9 Å². The molecule has 0 spiro atoms. The molecule has 25 heavy (non-hydrogen) atoms. The molecule has 1 aromatic carbocycles. The zero-order chi connectivity index (χ0) is 18.0. The van der Waals surface area contributed by atoms with Gasteiger partial charge in [-0.2, -0.15) is 5.10 Å². The van der Waals surface area contributed by atoms with Crippen LogP contribution in [0.1, 0.15) is 20.8 Å². The van der Waals surface area contributed by atoms with Crippen molar-refractivity contribution in [2.75, 3.05) is 0 Å². The van der Waals surface area contributed by atoms with Gasteiger partial charge in [-0.05, 0) is 18.2 Å². The van der Waals surface area contributed by atoms with E-state index in [2.05, 4.69) is 27.6 Å². The van der Waals surface area contributed by atoms with Gasteiger partial charge in [-0.25, -0.2) is 18.4 Å². The van der Waals surface area contributed by atoms with Crippen LogP contribution in [0.4, 0.5) is 8.78 Å². The summed E-state index contributed by atoms with van der Waals surface area (Å²) in [6.07, 6.45) is 2.64. The first-order valence-electron chi connectivity index (χ1n) is 6.98. The Hall–Kier alpha value is -2.30. The zero-order valence-electron chi connectivity index (χ0n) is 12.6. The Morgan fingerprint density at radius 1 is 1.40 bits per heavy atom. The highest BCUT2D eigenvalue weighted by Gasteiger charge is 2.37. The minimum absolute atomic E-state index is 0.135. The maximum Gasteiger partial charge on any atom is 0.261 e. The monoisotopic (exact) mass is 382 g/mol. The molecule has 1 unspecified atom stereocenters. The number of carbonyl (C=O) groups is 1. The maximum atomic E-state index is 14.4. The number of amides is 1. The largest absolute Gasteiger partial charge is 0.377 e. The average Bonchev–Trinajstić information content (AvgIpc) is 3.25. The van der Waals surface area contributed by atoms with Crippen LogP contribution in [0.2, 0.25) is 0 Å². The van der Waals surface area contributed by atoms with Crippen molar-refractivity contribution in [1.82, 2.24) is 19.5 Å². The van der Waals surface area contributed by atoms with E-state index in [-0.39, 0.29) is 17.7 Å². The van der Waals surface area contributed by atoms with Crippen molar-refractivity contribution in [3.05, 3.63) is 69.9 Å². The molecule has 3 aromatic rings. The zero-order valence-corrected chi connectivity index (χ0v) is 14.3. The summed E-state index contributed by atoms with van der Waals surface area (Å²) < 4.78 is 31.1. The summed E-state index contributed by atoms with van der Waals surface area (Å²) in [6, 6.07) is 4.34. The van der Waals surface area contributed by atoms with Crippen LogP contribution in [0.5, 0.6) is 0 Å². The smallest absolute Gasteiger partial charge is 0.261 e. The van der Waals surface area contributed by atoms with Gasteiger partial charge in [0.25, 0.3) is 5.91 Å². The van der Waals surface area contributed by atoms with Crippen LogP contribution in [0.15, 0.2) is 42.3 Å². The topological polar surface area (TPSA) is 80.0 Å². The molecular weight excluding hydrogens is 370 g/mol. The molecule has 130 valence electrons. The third-order valence-electron chi connectivity index (χ3n) is 3.60. The number of hydrogen-bond donors (Lipinski definition) is 3. The van der Waals surface area contributed by atoms with Crippen molar-refractivity contribution < 1.29 is 18.7 Å². The van der Waals surface area contributed by atoms with Crippen molar-refractivity contribution in [2.45, 2.75) is 12.1 Å². The molecule has 6 nitrogen and oxygen atoms in total. The van der Waals surface area contributed by atoms with Crippen molar-refractivity contribution in [3.63, 3.8) is 0 Å². The second-order valence-corrected chi connectivity index (χ2v) is 6.35. The lowest BCUT2D eigenvalue weighted by Gasteiger charge is -2.28. The number of nitrogens with one attached hydrogen (secondary N) is 1. The van der Waals surface area contributed by atoms with Crippen molar-refractivity contribution in [2.24, 2.45) is 0 Å². The SMILES string of the molecule is O=C(NS)c1csc(C(O)(Cn2cncn2)c2ccc(F)cc2F)c1. The van der Waals surface area contributed by atoms with Crippen LogP contribution in [0, 0.1) is 11.6 Å². The quantitative estimate of drug-likeness (QED) is 0.591. The summed E-state index contributed by atoms with van der Waals surface area (Å²) in [7, 11) is 0. The van der Waals surface area contributed by atoms with Crippen LogP contribution in [-0.4, -0.2) is 25.8 Å². The fraction of sp³-hybridized carbons (Fsp3) is 0.133. The van der Waals surface area contributed by atoms with Gasteiger partial charge in [0.05, 0.1) is 12.1 Å². The van der Waals surface area contributed by atoms with Crippen molar-refractivity contribution in [3.8, 4) is 0 Å². The highest BCUT2D eigenvalue weighted by molar-refractivity contribution is 7.78. The molecule has 0 radical (unpaired) electrons. The second kappa shape index (κ2) is 6.90. The minimum Gasteiger partial charge on any atom is -0.377 e. The first-order valence-corrected chi connectivity index (χ1v) is 8.30. The molecule has 0 saturated carbocycles. The predicted octanol–water partition coefficient (Wildman–Crippen LogP) is 2.13. The van der Waals surface area contributed by atoms with E-state index in [9.17, 15) is 18.7 Å². The fourth-order valence-electron chi connectivity index (χ4n) is 2.41. The Labute approximate surface area is 150 Å². The first kappa shape index (κ1) is 17.5. The molecule has 0 fully saturated rings. The molecule has 0 aliphatic carbocycles. The van der Waals surface area contributed by atoms with E-state index in [1.807, 2.05) is 0 Å². The molecule has 1 amide bonds. The average molecular weight is 382 g/mol. The lowest BCUT2D eigenvalue weighted by atomic mass is 9.91. The summed E-state index contributed by atoms with van der Waals surface area (Å²) in [5.41, 5.74) is -1.75. The fourth-order valence-corrected chi connectivity index (χ4v) is 3.53. The second-order valence-electron chi connectivity index (χ2n) is 5.22. The van der Waals surface area contributed by atoms with Gasteiger partial charge in [0.2, 0.25) is 0 Å². The minimum atomic E-state index is -1.87. The Kier molecular flexibility index (Phi) is 4.84. The highest BCUT2D eigenvalue weighted by atomic mass is 32.1. The van der Waals surface area contributed by atoms with E-state index in [0.717, 1.165) is 17.4 Å². The maximum absolute atomic E-state index is 14.4. The molecular formula is C15H12F2N4O2S2. The number of nitrogens with zero attached hydrogens (tertiary/aromatic N) is 3. The normalized spacial score (nSPS) is 13.4. The van der Waals surface area contributed by atoms with E-state index in [1.165, 1.54) is 34.8 Å². The molecule has 3 rings (SSSR count). The number of thiophene rings is 1. The molecule has 2 heterocycles. The summed E-state index contributed by atoms with van der Waals surface area (Å²) in [5, 5.41) is 16.7. The van der Waals surface area contributed by atoms with Crippen LogP contribution in [-0.2, 0) is 12.1 Å². The number of thiol groups is 1. The van der Waals surface area contributed by atoms with Gasteiger partial charge in [0.15, 0.2) is 0 Å². The summed E-state index contributed by atoms with van der Waals surface area (Å²) >= 11 is 4.76. The molecule has 0 bridgehead atoms. The number of aromatic nitrogens is 3. The molecule has 1 atom stereocenters. The van der Waals surface area contributed by atoms with Crippen molar-refractivity contribution in [1.29, 1.82) is 0 Å². The molecule has 0 aliphatic heterocycles. The van der Waals surface area contributed by atoms with Gasteiger partial charge in [0, 0.05) is 21.9 Å². The molecule has 0 saturated heterocycles. The molecule has 2 aromatic heterocycles. The van der Waals surface area contributed by atoms with Gasteiger partial charge in [-0.15, -0.1) is 11.3 Å². The van der Waals surface area contributed by atoms with Crippen LogP contribution < -0.4 is 4.72 Å². The molecule has 10 heteroatoms. The lowest BCUT2D eigenvalue weighted by Crippen LogP contribution is -2.33. The Balaban J connectivity index is 2.11. The number of carbonyl (C=O) groups excluding carboxylic acids is 1.